The van der Waals surface area contributed by atoms with E-state index in [2.05, 4.69) is 15.5 Å². The highest BCUT2D eigenvalue weighted by molar-refractivity contribution is 7.17. The molecular formula is C11H18N4O2S. The van der Waals surface area contributed by atoms with E-state index in [1.807, 2.05) is 0 Å². The van der Waals surface area contributed by atoms with Crippen molar-refractivity contribution in [1.29, 1.82) is 0 Å². The van der Waals surface area contributed by atoms with E-state index in [1.165, 1.54) is 17.8 Å². The molecular weight excluding hydrogens is 252 g/mol. The first-order valence-corrected chi connectivity index (χ1v) is 6.90. The van der Waals surface area contributed by atoms with Crippen LogP contribution in [0.2, 0.25) is 0 Å². The van der Waals surface area contributed by atoms with Crippen molar-refractivity contribution in [3.63, 3.8) is 0 Å². The number of hydrogen-bond acceptors (Lipinski definition) is 6. The summed E-state index contributed by atoms with van der Waals surface area (Å²) < 4.78 is 5.62. The molecule has 0 radical (unpaired) electrons. The Labute approximate surface area is 110 Å². The molecule has 1 unspecified atom stereocenters. The maximum Gasteiger partial charge on any atom is 0.284 e. The van der Waals surface area contributed by atoms with Crippen LogP contribution in [0.15, 0.2) is 0 Å². The van der Waals surface area contributed by atoms with Gasteiger partial charge >= 0.3 is 0 Å². The molecule has 0 aromatic carbocycles. The molecule has 1 aliphatic heterocycles. The number of aromatic nitrogens is 2. The lowest BCUT2D eigenvalue weighted by Crippen LogP contribution is -2.37. The largest absolute Gasteiger partial charge is 0.376 e. The van der Waals surface area contributed by atoms with Crippen molar-refractivity contribution in [2.24, 2.45) is 0 Å². The Morgan fingerprint density at radius 1 is 1.56 bits per heavy atom. The van der Waals surface area contributed by atoms with Crippen molar-refractivity contribution in [3.8, 4) is 0 Å². The van der Waals surface area contributed by atoms with Crippen LogP contribution in [0.25, 0.3) is 0 Å². The van der Waals surface area contributed by atoms with Crippen molar-refractivity contribution in [3.05, 3.63) is 5.01 Å². The first kappa shape index (κ1) is 13.2. The number of carbonyl (C=O) groups excluding carboxylic acids is 1. The highest BCUT2D eigenvalue weighted by atomic mass is 32.1. The van der Waals surface area contributed by atoms with E-state index in [0.717, 1.165) is 19.4 Å². The second-order valence-electron chi connectivity index (χ2n) is 4.34. The van der Waals surface area contributed by atoms with Gasteiger partial charge in [-0.3, -0.25) is 4.79 Å². The van der Waals surface area contributed by atoms with Crippen molar-refractivity contribution >= 4 is 22.4 Å². The van der Waals surface area contributed by atoms with Crippen molar-refractivity contribution < 1.29 is 9.53 Å². The fraction of sp³-hybridized carbons (Fsp3) is 0.727. The first-order valence-electron chi connectivity index (χ1n) is 6.09. The molecule has 6 nitrogen and oxygen atoms in total. The Hall–Kier alpha value is -1.21. The number of rotatable bonds is 4. The maximum absolute atomic E-state index is 12.1. The molecule has 0 aliphatic carbocycles. The van der Waals surface area contributed by atoms with Crippen molar-refractivity contribution in [2.45, 2.75) is 25.4 Å². The van der Waals surface area contributed by atoms with E-state index in [-0.39, 0.29) is 12.0 Å². The van der Waals surface area contributed by atoms with Gasteiger partial charge in [-0.25, -0.2) is 0 Å². The van der Waals surface area contributed by atoms with Gasteiger partial charge in [-0.1, -0.05) is 11.3 Å². The Balaban J connectivity index is 1.91. The topological polar surface area (TPSA) is 67.4 Å². The van der Waals surface area contributed by atoms with Crippen LogP contribution in [-0.2, 0) is 4.74 Å². The van der Waals surface area contributed by atoms with Crippen LogP contribution in [0.4, 0.5) is 5.13 Å². The van der Waals surface area contributed by atoms with Gasteiger partial charge in [-0.05, 0) is 19.3 Å². The molecule has 1 aromatic heterocycles. The highest BCUT2D eigenvalue weighted by Crippen LogP contribution is 2.18. The van der Waals surface area contributed by atoms with Gasteiger partial charge in [-0.2, -0.15) is 0 Å². The number of hydrogen-bond donors (Lipinski definition) is 1. The SMILES string of the molecule is CNc1nnc(C(=O)N(C)CC2CCCCO2)s1. The molecule has 1 atom stereocenters. The zero-order valence-corrected chi connectivity index (χ0v) is 11.5. The van der Waals surface area contributed by atoms with Gasteiger partial charge in [-0.15, -0.1) is 10.2 Å². The molecule has 1 fully saturated rings. The molecule has 0 saturated carbocycles. The van der Waals surface area contributed by atoms with E-state index in [1.54, 1.807) is 19.0 Å². The van der Waals surface area contributed by atoms with Gasteiger partial charge in [0.2, 0.25) is 10.1 Å². The summed E-state index contributed by atoms with van der Waals surface area (Å²) in [5.41, 5.74) is 0. The quantitative estimate of drug-likeness (QED) is 0.891. The Morgan fingerprint density at radius 3 is 3.00 bits per heavy atom. The average molecular weight is 270 g/mol. The average Bonchev–Trinajstić information content (AvgIpc) is 2.87. The van der Waals surface area contributed by atoms with Crippen LogP contribution >= 0.6 is 11.3 Å². The van der Waals surface area contributed by atoms with E-state index >= 15 is 0 Å². The molecule has 1 N–H and O–H groups in total. The van der Waals surface area contributed by atoms with Crippen LogP contribution in [0.1, 0.15) is 29.1 Å². The summed E-state index contributed by atoms with van der Waals surface area (Å²) in [5, 5.41) is 11.7. The Bertz CT molecular complexity index is 404. The van der Waals surface area contributed by atoms with Crippen molar-refractivity contribution in [2.75, 3.05) is 32.6 Å². The number of nitrogens with zero attached hydrogens (tertiary/aromatic N) is 3. The van der Waals surface area contributed by atoms with Crippen LogP contribution in [0.3, 0.4) is 0 Å². The lowest BCUT2D eigenvalue weighted by atomic mass is 10.1. The molecule has 0 spiro atoms. The monoisotopic (exact) mass is 270 g/mol. The highest BCUT2D eigenvalue weighted by Gasteiger charge is 2.22. The zero-order valence-electron chi connectivity index (χ0n) is 10.7. The summed E-state index contributed by atoms with van der Waals surface area (Å²) in [6.45, 7) is 1.42. The molecule has 1 saturated heterocycles. The van der Waals surface area contributed by atoms with Crippen LogP contribution in [0.5, 0.6) is 0 Å². The second kappa shape index (κ2) is 6.10. The van der Waals surface area contributed by atoms with Crippen LogP contribution in [0, 0.1) is 0 Å². The molecule has 1 aromatic rings. The number of nitrogens with one attached hydrogen (secondary N) is 1. The predicted molar refractivity (Wildman–Crippen MR) is 70.0 cm³/mol. The molecule has 7 heteroatoms. The van der Waals surface area contributed by atoms with Gasteiger partial charge in [0.05, 0.1) is 6.10 Å². The summed E-state index contributed by atoms with van der Waals surface area (Å²) in [6, 6.07) is 0. The lowest BCUT2D eigenvalue weighted by Gasteiger charge is -2.26. The maximum atomic E-state index is 12.1. The third-order valence-electron chi connectivity index (χ3n) is 2.92. The van der Waals surface area contributed by atoms with Gasteiger partial charge in [0, 0.05) is 27.2 Å². The molecule has 1 amide bonds. The molecule has 1 aliphatic rings. The summed E-state index contributed by atoms with van der Waals surface area (Å²) >= 11 is 1.27. The van der Waals surface area contributed by atoms with Gasteiger partial charge < -0.3 is 15.0 Å². The third-order valence-corrected chi connectivity index (χ3v) is 3.85. The molecule has 0 bridgehead atoms. The van der Waals surface area contributed by atoms with E-state index < -0.39 is 0 Å². The minimum Gasteiger partial charge on any atom is -0.376 e. The molecule has 18 heavy (non-hydrogen) atoms. The van der Waals surface area contributed by atoms with E-state index in [9.17, 15) is 4.79 Å². The van der Waals surface area contributed by atoms with Gasteiger partial charge in [0.1, 0.15) is 0 Å². The van der Waals surface area contributed by atoms with Crippen molar-refractivity contribution in [1.82, 2.24) is 15.1 Å². The van der Waals surface area contributed by atoms with Crippen LogP contribution < -0.4 is 5.32 Å². The molecule has 2 rings (SSSR count). The smallest absolute Gasteiger partial charge is 0.284 e. The standard InChI is InChI=1S/C11H18N4O2S/c1-12-11-14-13-9(18-11)10(16)15(2)7-8-5-3-4-6-17-8/h8H,3-7H2,1-2H3,(H,12,14). The number of likely N-dealkylation sites (N-methyl/N-ethyl adjacent to an activating group) is 1. The van der Waals surface area contributed by atoms with Crippen LogP contribution in [-0.4, -0.2) is 54.4 Å². The van der Waals surface area contributed by atoms with Gasteiger partial charge in [0.25, 0.3) is 5.91 Å². The van der Waals surface area contributed by atoms with E-state index in [0.29, 0.717) is 16.7 Å². The molecule has 100 valence electrons. The molecule has 2 heterocycles. The summed E-state index contributed by atoms with van der Waals surface area (Å²) in [5.74, 6) is -0.0943. The first-order chi connectivity index (χ1) is 8.70. The second-order valence-corrected chi connectivity index (χ2v) is 5.31. The minimum atomic E-state index is -0.0943. The number of amides is 1. The Kier molecular flexibility index (Phi) is 4.48. The predicted octanol–water partition coefficient (Wildman–Crippen LogP) is 1.22. The summed E-state index contributed by atoms with van der Waals surface area (Å²) in [6.07, 6.45) is 3.48. The number of anilines is 1. The number of ether oxygens (including phenoxy) is 1. The summed E-state index contributed by atoms with van der Waals surface area (Å²) in [4.78, 5) is 13.8. The van der Waals surface area contributed by atoms with E-state index in [4.69, 9.17) is 4.74 Å². The third kappa shape index (κ3) is 3.17. The summed E-state index contributed by atoms with van der Waals surface area (Å²) in [7, 11) is 3.54. The normalized spacial score (nSPS) is 19.6. The fourth-order valence-electron chi connectivity index (χ4n) is 1.91. The number of carbonyl (C=O) groups is 1. The lowest BCUT2D eigenvalue weighted by molar-refractivity contribution is -0.000206. The Morgan fingerprint density at radius 2 is 2.39 bits per heavy atom. The minimum absolute atomic E-state index is 0.0943. The fourth-order valence-corrected chi connectivity index (χ4v) is 2.61. The zero-order chi connectivity index (χ0) is 13.0. The van der Waals surface area contributed by atoms with Gasteiger partial charge in [0.15, 0.2) is 0 Å².